The van der Waals surface area contributed by atoms with Crippen molar-refractivity contribution in [2.45, 2.75) is 53.1 Å². The predicted molar refractivity (Wildman–Crippen MR) is 139 cm³/mol. The van der Waals surface area contributed by atoms with Crippen LogP contribution >= 0.6 is 0 Å². The Labute approximate surface area is 209 Å². The quantitative estimate of drug-likeness (QED) is 0.448. The molecule has 1 unspecified atom stereocenters. The lowest BCUT2D eigenvalue weighted by Gasteiger charge is -2.32. The van der Waals surface area contributed by atoms with Gasteiger partial charge in [0.25, 0.3) is 0 Å². The van der Waals surface area contributed by atoms with Crippen molar-refractivity contribution in [1.29, 1.82) is 0 Å². The van der Waals surface area contributed by atoms with Gasteiger partial charge in [-0.15, -0.1) is 0 Å². The van der Waals surface area contributed by atoms with E-state index >= 15 is 0 Å². The van der Waals surface area contributed by atoms with Gasteiger partial charge in [-0.25, -0.2) is 8.42 Å². The minimum Gasteiger partial charge on any atom is -0.497 e. The molecule has 0 bridgehead atoms. The number of carbonyl (C=O) groups excluding carboxylic acids is 2. The van der Waals surface area contributed by atoms with Gasteiger partial charge in [0.2, 0.25) is 21.8 Å². The highest BCUT2D eigenvalue weighted by Gasteiger charge is 2.30. The number of hydrogen-bond acceptors (Lipinski definition) is 5. The number of nitrogens with one attached hydrogen (secondary N) is 1. The molecule has 0 heterocycles. The maximum atomic E-state index is 13.6. The molecule has 2 amide bonds. The van der Waals surface area contributed by atoms with Crippen molar-refractivity contribution in [3.8, 4) is 5.75 Å². The van der Waals surface area contributed by atoms with Crippen LogP contribution in [-0.2, 0) is 26.2 Å². The van der Waals surface area contributed by atoms with Crippen LogP contribution in [0.5, 0.6) is 5.75 Å². The summed E-state index contributed by atoms with van der Waals surface area (Å²) in [5.41, 5.74) is 2.90. The highest BCUT2D eigenvalue weighted by Crippen LogP contribution is 2.25. The summed E-state index contributed by atoms with van der Waals surface area (Å²) >= 11 is 0. The Kier molecular flexibility index (Phi) is 10.1. The molecule has 0 radical (unpaired) electrons. The fraction of sp³-hybridized carbons (Fsp3) is 0.462. The number of hydrogen-bond donors (Lipinski definition) is 1. The van der Waals surface area contributed by atoms with Crippen LogP contribution in [0.15, 0.2) is 42.5 Å². The first-order valence-electron chi connectivity index (χ1n) is 11.7. The number of unbranched alkanes of at least 4 members (excludes halogenated alkanes) is 1. The van der Waals surface area contributed by atoms with Crippen molar-refractivity contribution >= 4 is 27.5 Å². The summed E-state index contributed by atoms with van der Waals surface area (Å²) in [6.45, 7) is 7.62. The Morgan fingerprint density at radius 3 is 2.43 bits per heavy atom. The second kappa shape index (κ2) is 12.6. The first-order valence-corrected chi connectivity index (χ1v) is 13.6. The topological polar surface area (TPSA) is 96.0 Å². The van der Waals surface area contributed by atoms with Gasteiger partial charge >= 0.3 is 0 Å². The largest absolute Gasteiger partial charge is 0.497 e. The zero-order chi connectivity index (χ0) is 26.2. The van der Waals surface area contributed by atoms with Crippen molar-refractivity contribution in [3.05, 3.63) is 59.2 Å². The van der Waals surface area contributed by atoms with Crippen LogP contribution < -0.4 is 14.4 Å². The fourth-order valence-electron chi connectivity index (χ4n) is 3.69. The molecular weight excluding hydrogens is 466 g/mol. The molecule has 35 heavy (non-hydrogen) atoms. The van der Waals surface area contributed by atoms with Crippen LogP contribution in [0.1, 0.15) is 43.4 Å². The number of rotatable bonds is 12. The van der Waals surface area contributed by atoms with Gasteiger partial charge in [0, 0.05) is 13.1 Å². The van der Waals surface area contributed by atoms with E-state index in [1.165, 1.54) is 4.90 Å². The maximum Gasteiger partial charge on any atom is 0.244 e. The Bertz CT molecular complexity index is 1130. The van der Waals surface area contributed by atoms with Gasteiger partial charge in [0.1, 0.15) is 18.3 Å². The first-order chi connectivity index (χ1) is 16.5. The minimum atomic E-state index is -3.77. The molecule has 192 valence electrons. The molecule has 1 atom stereocenters. The minimum absolute atomic E-state index is 0.128. The predicted octanol–water partition coefficient (Wildman–Crippen LogP) is 3.41. The second-order valence-electron chi connectivity index (χ2n) is 8.68. The third-order valence-corrected chi connectivity index (χ3v) is 7.13. The van der Waals surface area contributed by atoms with Gasteiger partial charge in [-0.05, 0) is 62.1 Å². The molecule has 9 heteroatoms. The lowest BCUT2D eigenvalue weighted by atomic mass is 10.1. The summed E-state index contributed by atoms with van der Waals surface area (Å²) < 4.78 is 31.9. The third-order valence-electron chi connectivity index (χ3n) is 6.01. The number of nitrogens with zero attached hydrogens (tertiary/aromatic N) is 2. The van der Waals surface area contributed by atoms with E-state index in [9.17, 15) is 18.0 Å². The van der Waals surface area contributed by atoms with E-state index < -0.39 is 28.5 Å². The average molecular weight is 504 g/mol. The lowest BCUT2D eigenvalue weighted by Crippen LogP contribution is -2.51. The van der Waals surface area contributed by atoms with E-state index in [0.29, 0.717) is 18.0 Å². The highest BCUT2D eigenvalue weighted by molar-refractivity contribution is 7.92. The van der Waals surface area contributed by atoms with Crippen LogP contribution in [0.25, 0.3) is 0 Å². The Morgan fingerprint density at radius 2 is 1.80 bits per heavy atom. The van der Waals surface area contributed by atoms with Crippen LogP contribution in [0.3, 0.4) is 0 Å². The maximum absolute atomic E-state index is 13.6. The summed E-state index contributed by atoms with van der Waals surface area (Å²) in [6, 6.07) is 11.8. The van der Waals surface area contributed by atoms with Crippen LogP contribution in [0.2, 0.25) is 0 Å². The molecular formula is C26H37N3O5S. The van der Waals surface area contributed by atoms with Gasteiger partial charge in [0.15, 0.2) is 0 Å². The number of carbonyl (C=O) groups is 2. The van der Waals surface area contributed by atoms with E-state index in [4.69, 9.17) is 4.74 Å². The SMILES string of the molecule is CCCCNC(=O)C(C)N(Cc1cccc(OC)c1)C(=O)CN(c1cccc(C)c1C)S(C)(=O)=O. The van der Waals surface area contributed by atoms with Gasteiger partial charge in [-0.1, -0.05) is 37.6 Å². The smallest absolute Gasteiger partial charge is 0.244 e. The van der Waals surface area contributed by atoms with Gasteiger partial charge < -0.3 is 15.0 Å². The molecule has 0 aliphatic carbocycles. The second-order valence-corrected chi connectivity index (χ2v) is 10.6. The fourth-order valence-corrected chi connectivity index (χ4v) is 4.59. The number of ether oxygens (including phenoxy) is 1. The molecule has 0 aliphatic heterocycles. The zero-order valence-electron chi connectivity index (χ0n) is 21.5. The first kappa shape index (κ1) is 28.2. The standard InChI is InChI=1S/C26H37N3O5S/c1-7-8-15-27-26(31)21(4)28(17-22-12-10-13-23(16-22)34-5)25(30)18-29(35(6,32)33)24-14-9-11-19(2)20(24)3/h9-14,16,21H,7-8,15,17-18H2,1-6H3,(H,27,31). The van der Waals surface area contributed by atoms with Crippen molar-refractivity contribution in [2.75, 3.05) is 30.8 Å². The highest BCUT2D eigenvalue weighted by atomic mass is 32.2. The summed E-state index contributed by atoms with van der Waals surface area (Å²) in [5.74, 6) is -0.132. The summed E-state index contributed by atoms with van der Waals surface area (Å²) in [6.07, 6.45) is 2.84. The third kappa shape index (κ3) is 7.71. The van der Waals surface area contributed by atoms with Gasteiger partial charge in [-0.3, -0.25) is 13.9 Å². The van der Waals surface area contributed by atoms with Gasteiger partial charge in [0.05, 0.1) is 19.1 Å². The van der Waals surface area contributed by atoms with E-state index in [1.54, 1.807) is 38.3 Å². The molecule has 0 spiro atoms. The Balaban J connectivity index is 2.41. The van der Waals surface area contributed by atoms with Gasteiger partial charge in [-0.2, -0.15) is 0 Å². The molecule has 1 N–H and O–H groups in total. The molecule has 2 aromatic carbocycles. The molecule has 0 saturated carbocycles. The van der Waals surface area contributed by atoms with Crippen molar-refractivity contribution in [3.63, 3.8) is 0 Å². The molecule has 2 aromatic rings. The molecule has 2 rings (SSSR count). The van der Waals surface area contributed by atoms with E-state index in [1.807, 2.05) is 39.0 Å². The van der Waals surface area contributed by atoms with Crippen LogP contribution in [0.4, 0.5) is 5.69 Å². The van der Waals surface area contributed by atoms with E-state index in [2.05, 4.69) is 5.32 Å². The summed E-state index contributed by atoms with van der Waals surface area (Å²) in [7, 11) is -2.21. The van der Waals surface area contributed by atoms with E-state index in [-0.39, 0.29) is 12.5 Å². The monoisotopic (exact) mass is 503 g/mol. The number of anilines is 1. The number of amides is 2. The van der Waals surface area contributed by atoms with Crippen molar-refractivity contribution < 1.29 is 22.7 Å². The lowest BCUT2D eigenvalue weighted by molar-refractivity contribution is -0.139. The summed E-state index contributed by atoms with van der Waals surface area (Å²) in [5, 5.41) is 2.87. The molecule has 0 aromatic heterocycles. The zero-order valence-corrected chi connectivity index (χ0v) is 22.3. The molecule has 0 aliphatic rings. The number of aryl methyl sites for hydroxylation is 1. The van der Waals surface area contributed by atoms with Crippen LogP contribution in [0, 0.1) is 13.8 Å². The number of sulfonamides is 1. The average Bonchev–Trinajstić information content (AvgIpc) is 2.82. The van der Waals surface area contributed by atoms with Crippen LogP contribution in [-0.4, -0.2) is 57.6 Å². The van der Waals surface area contributed by atoms with Crippen molar-refractivity contribution in [1.82, 2.24) is 10.2 Å². The molecule has 0 fully saturated rings. The number of methoxy groups -OCH3 is 1. The Morgan fingerprint density at radius 1 is 1.11 bits per heavy atom. The van der Waals surface area contributed by atoms with E-state index in [0.717, 1.165) is 40.1 Å². The summed E-state index contributed by atoms with van der Waals surface area (Å²) in [4.78, 5) is 27.9. The molecule has 8 nitrogen and oxygen atoms in total. The normalized spacial score (nSPS) is 12.1. The Hall–Kier alpha value is -3.07. The number of benzene rings is 2. The molecule has 0 saturated heterocycles. The van der Waals surface area contributed by atoms with Crippen molar-refractivity contribution in [2.24, 2.45) is 0 Å².